The first kappa shape index (κ1) is 10.8. The second-order valence-electron chi connectivity index (χ2n) is 3.95. The lowest BCUT2D eigenvalue weighted by Crippen LogP contribution is -2.34. The molecule has 2 rings (SSSR count). The van der Waals surface area contributed by atoms with Gasteiger partial charge in [-0.2, -0.15) is 0 Å². The van der Waals surface area contributed by atoms with Gasteiger partial charge in [-0.1, -0.05) is 0 Å². The summed E-state index contributed by atoms with van der Waals surface area (Å²) in [5, 5.41) is 3.13. The van der Waals surface area contributed by atoms with Gasteiger partial charge < -0.3 is 9.64 Å². The van der Waals surface area contributed by atoms with Crippen molar-refractivity contribution in [2.45, 2.75) is 24.8 Å². The van der Waals surface area contributed by atoms with Crippen molar-refractivity contribution in [3.8, 4) is 0 Å². The summed E-state index contributed by atoms with van der Waals surface area (Å²) in [6, 6.07) is 0. The summed E-state index contributed by atoms with van der Waals surface area (Å²) in [7, 11) is 0. The van der Waals surface area contributed by atoms with Crippen LogP contribution in [0.5, 0.6) is 0 Å². The molecule has 86 valence electrons. The van der Waals surface area contributed by atoms with Crippen molar-refractivity contribution >= 4 is 5.91 Å². The number of amides is 1. The summed E-state index contributed by atoms with van der Waals surface area (Å²) < 4.78 is 28.2. The molecule has 1 aliphatic heterocycles. The third-order valence-corrected chi connectivity index (χ3v) is 2.80. The van der Waals surface area contributed by atoms with Gasteiger partial charge >= 0.3 is 0 Å². The highest BCUT2D eigenvalue weighted by atomic mass is 19.3. The van der Waals surface area contributed by atoms with Gasteiger partial charge in [0.05, 0.1) is 18.8 Å². The average molecular weight is 220 g/mol. The summed E-state index contributed by atoms with van der Waals surface area (Å²) in [6.45, 7) is 0.519. The van der Waals surface area contributed by atoms with E-state index < -0.39 is 13.0 Å². The standard InChI is InChI=1S/C9H14F2N2O2/c10-7(11)5-15-4-3-13-6-12-9(1-2-9)8(13)14/h7,12H,1-6H2. The molecule has 6 heteroatoms. The van der Waals surface area contributed by atoms with Crippen molar-refractivity contribution in [2.75, 3.05) is 26.4 Å². The van der Waals surface area contributed by atoms with Crippen LogP contribution in [0.15, 0.2) is 0 Å². The number of nitrogens with one attached hydrogen (secondary N) is 1. The van der Waals surface area contributed by atoms with Crippen LogP contribution >= 0.6 is 0 Å². The molecule has 1 saturated carbocycles. The molecule has 1 N–H and O–H groups in total. The zero-order valence-corrected chi connectivity index (χ0v) is 8.34. The van der Waals surface area contributed by atoms with Gasteiger partial charge in [0.1, 0.15) is 6.61 Å². The highest BCUT2D eigenvalue weighted by molar-refractivity contribution is 5.91. The maximum Gasteiger partial charge on any atom is 0.261 e. The second-order valence-corrected chi connectivity index (χ2v) is 3.95. The van der Waals surface area contributed by atoms with Gasteiger partial charge in [0.15, 0.2) is 0 Å². The maximum absolute atomic E-state index is 11.7. The highest BCUT2D eigenvalue weighted by Crippen LogP contribution is 2.39. The quantitative estimate of drug-likeness (QED) is 0.672. The Morgan fingerprint density at radius 2 is 2.27 bits per heavy atom. The van der Waals surface area contributed by atoms with Crippen LogP contribution in [0.1, 0.15) is 12.8 Å². The Labute approximate surface area is 86.6 Å². The molecule has 15 heavy (non-hydrogen) atoms. The number of alkyl halides is 2. The monoisotopic (exact) mass is 220 g/mol. The van der Waals surface area contributed by atoms with E-state index in [0.29, 0.717) is 13.2 Å². The molecular weight excluding hydrogens is 206 g/mol. The van der Waals surface area contributed by atoms with Crippen molar-refractivity contribution in [1.82, 2.24) is 10.2 Å². The van der Waals surface area contributed by atoms with Crippen molar-refractivity contribution in [1.29, 1.82) is 0 Å². The molecule has 2 fully saturated rings. The molecule has 0 aromatic rings. The van der Waals surface area contributed by atoms with Crippen molar-refractivity contribution in [3.63, 3.8) is 0 Å². The zero-order valence-electron chi connectivity index (χ0n) is 8.34. The molecule has 1 amide bonds. The molecule has 1 saturated heterocycles. The van der Waals surface area contributed by atoms with E-state index in [0.717, 1.165) is 12.8 Å². The van der Waals surface area contributed by atoms with Crippen LogP contribution in [-0.4, -0.2) is 49.2 Å². The van der Waals surface area contributed by atoms with Gasteiger partial charge in [0, 0.05) is 6.54 Å². The third-order valence-electron chi connectivity index (χ3n) is 2.80. The van der Waals surface area contributed by atoms with Crippen molar-refractivity contribution in [3.05, 3.63) is 0 Å². The Morgan fingerprint density at radius 1 is 1.53 bits per heavy atom. The number of nitrogens with zero attached hydrogens (tertiary/aromatic N) is 1. The summed E-state index contributed by atoms with van der Waals surface area (Å²) >= 11 is 0. The summed E-state index contributed by atoms with van der Waals surface area (Å²) in [5.74, 6) is 0.0862. The smallest absolute Gasteiger partial charge is 0.261 e. The zero-order chi connectivity index (χ0) is 10.9. The molecule has 0 bridgehead atoms. The molecule has 0 unspecified atom stereocenters. The molecule has 1 spiro atoms. The third kappa shape index (κ3) is 2.26. The van der Waals surface area contributed by atoms with E-state index in [9.17, 15) is 13.6 Å². The normalized spacial score (nSPS) is 23.1. The first-order valence-corrected chi connectivity index (χ1v) is 5.04. The van der Waals surface area contributed by atoms with Gasteiger partial charge in [0.25, 0.3) is 6.43 Å². The molecule has 0 atom stereocenters. The van der Waals surface area contributed by atoms with Crippen LogP contribution in [0.2, 0.25) is 0 Å². The summed E-state index contributed by atoms with van der Waals surface area (Å²) in [5.41, 5.74) is -0.303. The Kier molecular flexibility index (Phi) is 2.88. The topological polar surface area (TPSA) is 41.6 Å². The van der Waals surface area contributed by atoms with Crippen molar-refractivity contribution in [2.24, 2.45) is 0 Å². The predicted octanol–water partition coefficient (Wildman–Crippen LogP) is 0.190. The second kappa shape index (κ2) is 4.02. The Hall–Kier alpha value is -0.750. The van der Waals surface area contributed by atoms with Gasteiger partial charge in [-0.25, -0.2) is 8.78 Å². The maximum atomic E-state index is 11.7. The van der Waals surface area contributed by atoms with Gasteiger partial charge in [0.2, 0.25) is 5.91 Å². The molecule has 0 radical (unpaired) electrons. The number of carbonyl (C=O) groups is 1. The summed E-state index contributed by atoms with van der Waals surface area (Å²) in [6.07, 6.45) is -0.660. The predicted molar refractivity (Wildman–Crippen MR) is 48.5 cm³/mol. The molecule has 4 nitrogen and oxygen atoms in total. The lowest BCUT2D eigenvalue weighted by molar-refractivity contribution is -0.130. The summed E-state index contributed by atoms with van der Waals surface area (Å²) in [4.78, 5) is 13.3. The number of hydrogen-bond donors (Lipinski definition) is 1. The largest absolute Gasteiger partial charge is 0.374 e. The fourth-order valence-electron chi connectivity index (χ4n) is 1.74. The molecule has 1 aliphatic carbocycles. The van der Waals surface area contributed by atoms with Gasteiger partial charge in [-0.05, 0) is 12.8 Å². The first-order chi connectivity index (χ1) is 7.14. The van der Waals surface area contributed by atoms with Gasteiger partial charge in [-0.15, -0.1) is 0 Å². The number of halogens is 2. The minimum Gasteiger partial charge on any atom is -0.374 e. The number of ether oxygens (including phenoxy) is 1. The van der Waals surface area contributed by atoms with E-state index in [2.05, 4.69) is 5.32 Å². The van der Waals surface area contributed by atoms with E-state index in [1.165, 1.54) is 0 Å². The van der Waals surface area contributed by atoms with Crippen LogP contribution in [0, 0.1) is 0 Å². The van der Waals surface area contributed by atoms with E-state index in [4.69, 9.17) is 4.74 Å². The van der Waals surface area contributed by atoms with E-state index >= 15 is 0 Å². The minimum absolute atomic E-state index is 0.0862. The van der Waals surface area contributed by atoms with E-state index in [-0.39, 0.29) is 18.1 Å². The van der Waals surface area contributed by atoms with Crippen LogP contribution in [0.4, 0.5) is 8.78 Å². The van der Waals surface area contributed by atoms with Gasteiger partial charge in [-0.3, -0.25) is 10.1 Å². The average Bonchev–Trinajstić information content (AvgIpc) is 2.90. The molecule has 0 aromatic heterocycles. The van der Waals surface area contributed by atoms with Crippen LogP contribution in [-0.2, 0) is 9.53 Å². The minimum atomic E-state index is -2.44. The van der Waals surface area contributed by atoms with E-state index in [1.54, 1.807) is 4.90 Å². The number of carbonyl (C=O) groups excluding carboxylic acids is 1. The van der Waals surface area contributed by atoms with Crippen LogP contribution in [0.25, 0.3) is 0 Å². The first-order valence-electron chi connectivity index (χ1n) is 5.04. The SMILES string of the molecule is O=C1N(CCOCC(F)F)CNC12CC2. The van der Waals surface area contributed by atoms with Crippen LogP contribution in [0.3, 0.4) is 0 Å². The highest BCUT2D eigenvalue weighted by Gasteiger charge is 2.55. The lowest BCUT2D eigenvalue weighted by atomic mass is 10.3. The van der Waals surface area contributed by atoms with Crippen molar-refractivity contribution < 1.29 is 18.3 Å². The molecule has 0 aromatic carbocycles. The Balaban J connectivity index is 1.66. The lowest BCUT2D eigenvalue weighted by Gasteiger charge is -2.14. The Morgan fingerprint density at radius 3 is 2.80 bits per heavy atom. The molecule has 1 heterocycles. The Bertz CT molecular complexity index is 256. The molecule has 2 aliphatic rings. The molecular formula is C9H14F2N2O2. The number of rotatable bonds is 5. The van der Waals surface area contributed by atoms with Crippen LogP contribution < -0.4 is 5.32 Å². The fraction of sp³-hybridized carbons (Fsp3) is 0.889. The fourth-order valence-corrected chi connectivity index (χ4v) is 1.74. The number of hydrogen-bond acceptors (Lipinski definition) is 3. The van der Waals surface area contributed by atoms with E-state index in [1.807, 2.05) is 0 Å².